The molecule has 0 bridgehead atoms. The van der Waals surface area contributed by atoms with Gasteiger partial charge in [-0.05, 0) is 48.9 Å². The van der Waals surface area contributed by atoms with Crippen molar-refractivity contribution in [3.8, 4) is 6.07 Å². The highest BCUT2D eigenvalue weighted by atomic mass is 35.5. The first kappa shape index (κ1) is 17.5. The number of aromatic nitrogens is 1. The maximum atomic E-state index is 12.3. The fraction of sp³-hybridized carbons (Fsp3) is 0.0500. The first-order chi connectivity index (χ1) is 12.6. The Hall–Kier alpha value is -3.36. The highest BCUT2D eigenvalue weighted by Crippen LogP contribution is 2.26. The zero-order valence-electron chi connectivity index (χ0n) is 14.0. The van der Waals surface area contributed by atoms with Gasteiger partial charge in [-0.1, -0.05) is 29.8 Å². The average molecular weight is 363 g/mol. The highest BCUT2D eigenvalue weighted by Gasteiger charge is 2.10. The van der Waals surface area contributed by atoms with Crippen LogP contribution < -0.4 is 10.6 Å². The normalized spacial score (nSPS) is 10.0. The number of halogens is 1. The molecule has 26 heavy (non-hydrogen) atoms. The summed E-state index contributed by atoms with van der Waals surface area (Å²) in [6.45, 7) is 1.92. The third-order valence-electron chi connectivity index (χ3n) is 3.84. The number of hydrogen-bond donors (Lipinski definition) is 2. The number of amides is 1. The van der Waals surface area contributed by atoms with Crippen LogP contribution >= 0.6 is 11.6 Å². The molecular formula is C20H15ClN4O. The van der Waals surface area contributed by atoms with Gasteiger partial charge >= 0.3 is 0 Å². The van der Waals surface area contributed by atoms with Crippen molar-refractivity contribution in [3.05, 3.63) is 82.6 Å². The molecule has 0 saturated heterocycles. The van der Waals surface area contributed by atoms with Crippen LogP contribution in [0.3, 0.4) is 0 Å². The Bertz CT molecular complexity index is 993. The molecule has 0 saturated carbocycles. The number of nitriles is 1. The van der Waals surface area contributed by atoms with Gasteiger partial charge in [0, 0.05) is 10.7 Å². The molecule has 0 radical (unpaired) electrons. The van der Waals surface area contributed by atoms with Gasteiger partial charge in [-0.2, -0.15) is 5.26 Å². The number of nitrogens with zero attached hydrogens (tertiary/aromatic N) is 2. The van der Waals surface area contributed by atoms with Gasteiger partial charge < -0.3 is 10.6 Å². The van der Waals surface area contributed by atoms with E-state index in [1.807, 2.05) is 31.2 Å². The van der Waals surface area contributed by atoms with Crippen LogP contribution in [0.25, 0.3) is 0 Å². The highest BCUT2D eigenvalue weighted by molar-refractivity contribution is 6.31. The van der Waals surface area contributed by atoms with Crippen molar-refractivity contribution in [2.45, 2.75) is 6.92 Å². The third kappa shape index (κ3) is 3.82. The van der Waals surface area contributed by atoms with Crippen LogP contribution in [-0.2, 0) is 0 Å². The molecule has 0 aliphatic carbocycles. The molecule has 0 fully saturated rings. The Kier molecular flexibility index (Phi) is 5.16. The van der Waals surface area contributed by atoms with Crippen molar-refractivity contribution in [2.24, 2.45) is 0 Å². The number of para-hydroxylation sites is 1. The molecule has 0 atom stereocenters. The summed E-state index contributed by atoms with van der Waals surface area (Å²) in [5, 5.41) is 15.7. The van der Waals surface area contributed by atoms with Crippen molar-refractivity contribution in [1.29, 1.82) is 5.26 Å². The van der Waals surface area contributed by atoms with Gasteiger partial charge in [0.05, 0.1) is 23.1 Å². The van der Waals surface area contributed by atoms with Gasteiger partial charge in [0.1, 0.15) is 11.8 Å². The molecule has 1 heterocycles. The summed E-state index contributed by atoms with van der Waals surface area (Å²) in [4.78, 5) is 16.5. The van der Waals surface area contributed by atoms with E-state index in [0.717, 1.165) is 16.9 Å². The smallest absolute Gasteiger partial charge is 0.274 e. The summed E-state index contributed by atoms with van der Waals surface area (Å²) >= 11 is 6.12. The van der Waals surface area contributed by atoms with E-state index in [0.29, 0.717) is 16.3 Å². The maximum absolute atomic E-state index is 12.3. The SMILES string of the molecule is Cc1c(Cl)cccc1Nc1ccc(C(=O)Nc2ccccc2C#N)nc1. The predicted octanol–water partition coefficient (Wildman–Crippen LogP) is 4.91. The minimum Gasteiger partial charge on any atom is -0.354 e. The lowest BCUT2D eigenvalue weighted by atomic mass is 10.2. The summed E-state index contributed by atoms with van der Waals surface area (Å²) < 4.78 is 0. The lowest BCUT2D eigenvalue weighted by molar-refractivity contribution is 0.102. The predicted molar refractivity (Wildman–Crippen MR) is 103 cm³/mol. The van der Waals surface area contributed by atoms with Crippen LogP contribution in [-0.4, -0.2) is 10.9 Å². The van der Waals surface area contributed by atoms with E-state index < -0.39 is 0 Å². The van der Waals surface area contributed by atoms with E-state index in [2.05, 4.69) is 15.6 Å². The number of pyridine rings is 1. The Balaban J connectivity index is 1.74. The van der Waals surface area contributed by atoms with Crippen molar-refractivity contribution >= 4 is 34.6 Å². The van der Waals surface area contributed by atoms with Crippen LogP contribution in [0.1, 0.15) is 21.6 Å². The second-order valence-electron chi connectivity index (χ2n) is 5.58. The van der Waals surface area contributed by atoms with Crippen molar-refractivity contribution in [2.75, 3.05) is 10.6 Å². The number of carbonyl (C=O) groups is 1. The van der Waals surface area contributed by atoms with Crippen LogP contribution in [0, 0.1) is 18.3 Å². The van der Waals surface area contributed by atoms with Crippen LogP contribution in [0.5, 0.6) is 0 Å². The molecular weight excluding hydrogens is 348 g/mol. The molecule has 128 valence electrons. The standard InChI is InChI=1S/C20H15ClN4O/c1-13-16(21)6-4-8-17(13)24-15-9-10-19(23-12-15)20(26)25-18-7-3-2-5-14(18)11-22/h2-10,12,24H,1H3,(H,25,26). The van der Waals surface area contributed by atoms with Gasteiger partial charge in [-0.3, -0.25) is 4.79 Å². The molecule has 0 aliphatic heterocycles. The van der Waals surface area contributed by atoms with Gasteiger partial charge in [0.25, 0.3) is 5.91 Å². The minimum absolute atomic E-state index is 0.256. The topological polar surface area (TPSA) is 77.8 Å². The van der Waals surface area contributed by atoms with E-state index in [4.69, 9.17) is 16.9 Å². The number of benzene rings is 2. The van der Waals surface area contributed by atoms with Crippen molar-refractivity contribution in [3.63, 3.8) is 0 Å². The molecule has 1 amide bonds. The monoisotopic (exact) mass is 362 g/mol. The molecule has 0 aliphatic rings. The molecule has 1 aromatic heterocycles. The third-order valence-corrected chi connectivity index (χ3v) is 4.25. The summed E-state index contributed by atoms with van der Waals surface area (Å²) in [6, 6.07) is 17.8. The number of anilines is 3. The summed E-state index contributed by atoms with van der Waals surface area (Å²) in [6.07, 6.45) is 1.57. The van der Waals surface area contributed by atoms with Gasteiger partial charge in [-0.25, -0.2) is 4.98 Å². The molecule has 3 rings (SSSR count). The van der Waals surface area contributed by atoms with Crippen molar-refractivity contribution in [1.82, 2.24) is 4.98 Å². The van der Waals surface area contributed by atoms with E-state index in [-0.39, 0.29) is 11.6 Å². The Morgan fingerprint density at radius 1 is 1.08 bits per heavy atom. The van der Waals surface area contributed by atoms with E-state index in [1.54, 1.807) is 42.6 Å². The quantitative estimate of drug-likeness (QED) is 0.691. The molecule has 2 aromatic carbocycles. The van der Waals surface area contributed by atoms with Gasteiger partial charge in [0.15, 0.2) is 0 Å². The lowest BCUT2D eigenvalue weighted by Gasteiger charge is -2.11. The summed E-state index contributed by atoms with van der Waals surface area (Å²) in [7, 11) is 0. The fourth-order valence-electron chi connectivity index (χ4n) is 2.38. The second kappa shape index (κ2) is 7.68. The van der Waals surface area contributed by atoms with Crippen LogP contribution in [0.15, 0.2) is 60.8 Å². The zero-order valence-corrected chi connectivity index (χ0v) is 14.7. The fourth-order valence-corrected chi connectivity index (χ4v) is 2.55. The first-order valence-electron chi connectivity index (χ1n) is 7.87. The second-order valence-corrected chi connectivity index (χ2v) is 5.99. The van der Waals surface area contributed by atoms with E-state index >= 15 is 0 Å². The zero-order chi connectivity index (χ0) is 18.5. The number of rotatable bonds is 4. The molecule has 5 nitrogen and oxygen atoms in total. The molecule has 6 heteroatoms. The van der Waals surface area contributed by atoms with E-state index in [9.17, 15) is 4.79 Å². The van der Waals surface area contributed by atoms with Crippen molar-refractivity contribution < 1.29 is 4.79 Å². The Morgan fingerprint density at radius 2 is 1.85 bits per heavy atom. The van der Waals surface area contributed by atoms with Crippen LogP contribution in [0.2, 0.25) is 5.02 Å². The lowest BCUT2D eigenvalue weighted by Crippen LogP contribution is -2.14. The van der Waals surface area contributed by atoms with Gasteiger partial charge in [-0.15, -0.1) is 0 Å². The van der Waals surface area contributed by atoms with E-state index in [1.165, 1.54) is 0 Å². The Morgan fingerprint density at radius 3 is 2.58 bits per heavy atom. The summed E-state index contributed by atoms with van der Waals surface area (Å²) in [5.41, 5.74) is 3.66. The molecule has 3 aromatic rings. The average Bonchev–Trinajstić information content (AvgIpc) is 2.66. The molecule has 0 spiro atoms. The van der Waals surface area contributed by atoms with Crippen LogP contribution in [0.4, 0.5) is 17.1 Å². The molecule has 0 unspecified atom stereocenters. The Labute approximate surface area is 156 Å². The van der Waals surface area contributed by atoms with Gasteiger partial charge in [0.2, 0.25) is 0 Å². The minimum atomic E-state index is -0.377. The number of carbonyl (C=O) groups excluding carboxylic acids is 1. The maximum Gasteiger partial charge on any atom is 0.274 e. The summed E-state index contributed by atoms with van der Waals surface area (Å²) in [5.74, 6) is -0.377. The largest absolute Gasteiger partial charge is 0.354 e. The molecule has 2 N–H and O–H groups in total. The number of hydrogen-bond acceptors (Lipinski definition) is 4. The number of nitrogens with one attached hydrogen (secondary N) is 2. The first-order valence-corrected chi connectivity index (χ1v) is 8.25.